The molecular weight excluding hydrogens is 639 g/mol. The van der Waals surface area contributed by atoms with E-state index < -0.39 is 0 Å². The number of ether oxygens (including phenoxy) is 2. The van der Waals surface area contributed by atoms with E-state index in [4.69, 9.17) is 13.9 Å². The first-order valence-electron chi connectivity index (χ1n) is 17.4. The molecule has 0 saturated heterocycles. The molecule has 52 heavy (non-hydrogen) atoms. The van der Waals surface area contributed by atoms with Crippen LogP contribution in [0.5, 0.6) is 23.0 Å². The van der Waals surface area contributed by atoms with Crippen LogP contribution in [0.3, 0.4) is 0 Å². The molecule has 1 aliphatic rings. The second-order valence-corrected chi connectivity index (χ2v) is 13.0. The summed E-state index contributed by atoms with van der Waals surface area (Å²) in [6.45, 7) is 0. The number of benzene rings is 8. The summed E-state index contributed by atoms with van der Waals surface area (Å²) in [6, 6.07) is 65.3. The highest BCUT2D eigenvalue weighted by molar-refractivity contribution is 6.07. The summed E-state index contributed by atoms with van der Waals surface area (Å²) in [6.07, 6.45) is 0. The van der Waals surface area contributed by atoms with E-state index in [2.05, 4.69) is 138 Å². The highest BCUT2D eigenvalue weighted by atomic mass is 16.6. The molecule has 0 spiro atoms. The molecule has 1 aromatic heterocycles. The first-order valence-corrected chi connectivity index (χ1v) is 17.4. The molecule has 8 aromatic carbocycles. The lowest BCUT2D eigenvalue weighted by Gasteiger charge is -2.26. The topological polar surface area (TPSA) is 34.8 Å². The lowest BCUT2D eigenvalue weighted by molar-refractivity contribution is 0.360. The van der Waals surface area contributed by atoms with E-state index in [-0.39, 0.29) is 0 Å². The van der Waals surface area contributed by atoms with Crippen molar-refractivity contribution in [2.24, 2.45) is 0 Å². The maximum atomic E-state index is 6.28. The first kappa shape index (κ1) is 29.8. The number of nitrogens with zero attached hydrogens (tertiary/aromatic N) is 1. The molecule has 0 bridgehead atoms. The summed E-state index contributed by atoms with van der Waals surface area (Å²) in [5.74, 6) is 2.73. The fourth-order valence-corrected chi connectivity index (χ4v) is 7.10. The van der Waals surface area contributed by atoms with Crippen molar-refractivity contribution in [2.75, 3.05) is 4.90 Å². The van der Waals surface area contributed by atoms with E-state index in [1.54, 1.807) is 0 Å². The molecule has 0 N–H and O–H groups in total. The zero-order valence-corrected chi connectivity index (χ0v) is 28.1. The third-order valence-corrected chi connectivity index (χ3v) is 9.75. The number of anilines is 3. The van der Waals surface area contributed by atoms with Crippen LogP contribution < -0.4 is 14.4 Å². The number of rotatable bonds is 6. The molecular formula is C48H31NO3. The van der Waals surface area contributed by atoms with Crippen LogP contribution in [0.4, 0.5) is 17.1 Å². The third-order valence-electron chi connectivity index (χ3n) is 9.75. The normalized spacial score (nSPS) is 11.8. The average molecular weight is 670 g/mol. The van der Waals surface area contributed by atoms with E-state index in [1.165, 1.54) is 22.3 Å². The van der Waals surface area contributed by atoms with Gasteiger partial charge in [-0.15, -0.1) is 0 Å². The van der Waals surface area contributed by atoms with Gasteiger partial charge in [-0.05, 0) is 100 Å². The van der Waals surface area contributed by atoms with Gasteiger partial charge < -0.3 is 18.8 Å². The number of para-hydroxylation sites is 2. The summed E-state index contributed by atoms with van der Waals surface area (Å²) in [7, 11) is 0. The highest BCUT2D eigenvalue weighted by Crippen LogP contribution is 2.48. The second-order valence-electron chi connectivity index (χ2n) is 13.0. The Kier molecular flexibility index (Phi) is 7.10. The first-order chi connectivity index (χ1) is 25.7. The molecule has 4 nitrogen and oxygen atoms in total. The minimum atomic E-state index is 0.648. The molecule has 0 radical (unpaired) electrons. The second kappa shape index (κ2) is 12.4. The zero-order chi connectivity index (χ0) is 34.4. The lowest BCUT2D eigenvalue weighted by atomic mass is 10.0. The van der Waals surface area contributed by atoms with Crippen molar-refractivity contribution < 1.29 is 13.9 Å². The van der Waals surface area contributed by atoms with Crippen LogP contribution in [0.25, 0.3) is 55.3 Å². The van der Waals surface area contributed by atoms with Crippen molar-refractivity contribution in [3.8, 4) is 56.4 Å². The Morgan fingerprint density at radius 1 is 0.288 bits per heavy atom. The van der Waals surface area contributed by atoms with E-state index in [0.717, 1.165) is 50.1 Å². The van der Waals surface area contributed by atoms with Crippen molar-refractivity contribution in [3.63, 3.8) is 0 Å². The van der Waals surface area contributed by atoms with E-state index in [1.807, 2.05) is 54.6 Å². The minimum Gasteiger partial charge on any atom is -0.456 e. The Labute approximate surface area is 301 Å². The molecule has 0 amide bonds. The van der Waals surface area contributed by atoms with Crippen molar-refractivity contribution in [1.29, 1.82) is 0 Å². The Balaban J connectivity index is 1.00. The quantitative estimate of drug-likeness (QED) is 0.176. The largest absolute Gasteiger partial charge is 0.456 e. The molecule has 0 unspecified atom stereocenters. The number of hydrogen-bond acceptors (Lipinski definition) is 4. The molecule has 10 rings (SSSR count). The van der Waals surface area contributed by atoms with Gasteiger partial charge >= 0.3 is 0 Å². The smallest absolute Gasteiger partial charge is 0.173 e. The molecule has 0 aliphatic carbocycles. The summed E-state index contributed by atoms with van der Waals surface area (Å²) in [5, 5.41) is 2.01. The highest BCUT2D eigenvalue weighted by Gasteiger charge is 2.22. The molecule has 1 aliphatic heterocycles. The fourth-order valence-electron chi connectivity index (χ4n) is 7.10. The van der Waals surface area contributed by atoms with Crippen molar-refractivity contribution in [3.05, 3.63) is 188 Å². The van der Waals surface area contributed by atoms with Gasteiger partial charge in [-0.25, -0.2) is 0 Å². The Hall–Kier alpha value is -7.04. The maximum absolute atomic E-state index is 6.28. The third kappa shape index (κ3) is 5.34. The number of hydrogen-bond donors (Lipinski definition) is 0. The van der Waals surface area contributed by atoms with Crippen LogP contribution in [0, 0.1) is 0 Å². The van der Waals surface area contributed by atoms with E-state index >= 15 is 0 Å². The van der Waals surface area contributed by atoms with Gasteiger partial charge in [0.05, 0.1) is 0 Å². The Morgan fingerprint density at radius 2 is 0.692 bits per heavy atom. The van der Waals surface area contributed by atoms with Crippen LogP contribution in [0.15, 0.2) is 192 Å². The number of furan rings is 1. The predicted molar refractivity (Wildman–Crippen MR) is 211 cm³/mol. The van der Waals surface area contributed by atoms with Crippen molar-refractivity contribution >= 4 is 39.0 Å². The summed E-state index contributed by atoms with van der Waals surface area (Å²) >= 11 is 0. The lowest BCUT2D eigenvalue weighted by Crippen LogP contribution is -2.09. The van der Waals surface area contributed by atoms with Gasteiger partial charge in [0.15, 0.2) is 23.0 Å². The summed E-state index contributed by atoms with van der Waals surface area (Å²) in [4.78, 5) is 2.31. The molecule has 9 aromatic rings. The van der Waals surface area contributed by atoms with Crippen molar-refractivity contribution in [1.82, 2.24) is 0 Å². The van der Waals surface area contributed by atoms with Gasteiger partial charge in [-0.1, -0.05) is 115 Å². The Bertz CT molecular complexity index is 2620. The van der Waals surface area contributed by atoms with Gasteiger partial charge in [0, 0.05) is 33.9 Å². The monoisotopic (exact) mass is 669 g/mol. The van der Waals surface area contributed by atoms with E-state index in [9.17, 15) is 0 Å². The molecule has 2 heterocycles. The Morgan fingerprint density at radius 3 is 1.21 bits per heavy atom. The number of fused-ring (bicyclic) bond motifs is 5. The summed E-state index contributed by atoms with van der Waals surface area (Å²) in [5.41, 5.74) is 11.8. The van der Waals surface area contributed by atoms with Crippen LogP contribution in [0.1, 0.15) is 0 Å². The molecule has 4 heteroatoms. The van der Waals surface area contributed by atoms with Gasteiger partial charge in [-0.3, -0.25) is 0 Å². The van der Waals surface area contributed by atoms with Gasteiger partial charge in [0.2, 0.25) is 0 Å². The van der Waals surface area contributed by atoms with Gasteiger partial charge in [0.25, 0.3) is 0 Å². The molecule has 0 saturated carbocycles. The van der Waals surface area contributed by atoms with Crippen molar-refractivity contribution in [2.45, 2.75) is 0 Å². The van der Waals surface area contributed by atoms with Crippen LogP contribution >= 0.6 is 0 Å². The predicted octanol–water partition coefficient (Wildman–Crippen LogP) is 14.0. The van der Waals surface area contributed by atoms with Crippen LogP contribution in [-0.4, -0.2) is 0 Å². The van der Waals surface area contributed by atoms with Gasteiger partial charge in [0.1, 0.15) is 11.2 Å². The average Bonchev–Trinajstić information content (AvgIpc) is 3.57. The van der Waals surface area contributed by atoms with Crippen LogP contribution in [-0.2, 0) is 0 Å². The zero-order valence-electron chi connectivity index (χ0n) is 28.1. The molecule has 246 valence electrons. The summed E-state index contributed by atoms with van der Waals surface area (Å²) < 4.78 is 18.6. The van der Waals surface area contributed by atoms with E-state index in [0.29, 0.717) is 23.0 Å². The fraction of sp³-hybridized carbons (Fsp3) is 0. The van der Waals surface area contributed by atoms with Gasteiger partial charge in [-0.2, -0.15) is 0 Å². The SMILES string of the molecule is c1ccc(-c2ccc(N(c3ccc(-c4ccccc4)cc3)c3ccc(-c4ccc5oc6cc7c(cc6c5c4)Oc4ccccc4O7)cc3)cc2)cc1. The molecule has 0 fully saturated rings. The standard InChI is InChI=1S/C48H31NO3/c1-3-9-32(10-4-1)34-15-22-38(23-16-34)49(39-24-17-35(18-25-39)33-11-5-2-6-12-33)40-26-19-36(20-27-40)37-21-28-43-41(29-37)42-30-47-48(31-46(42)50-43)52-45-14-8-7-13-44(45)51-47/h1-31H. The minimum absolute atomic E-state index is 0.648. The molecule has 0 atom stereocenters. The maximum Gasteiger partial charge on any atom is 0.173 e. The van der Waals surface area contributed by atoms with Crippen LogP contribution in [0.2, 0.25) is 0 Å².